The zero-order valence-electron chi connectivity index (χ0n) is 16.4. The minimum Gasteiger partial charge on any atom is -0.340 e. The van der Waals surface area contributed by atoms with Gasteiger partial charge in [0.05, 0.1) is 6.33 Å². The van der Waals surface area contributed by atoms with Crippen LogP contribution in [0.1, 0.15) is 60.7 Å². The lowest BCUT2D eigenvalue weighted by Gasteiger charge is -2.38. The van der Waals surface area contributed by atoms with Crippen LogP contribution < -0.4 is 0 Å². The van der Waals surface area contributed by atoms with E-state index < -0.39 is 0 Å². The molecule has 2 amide bonds. The Labute approximate surface area is 163 Å². The van der Waals surface area contributed by atoms with Gasteiger partial charge in [-0.3, -0.25) is 9.59 Å². The number of hydrogen-bond acceptors (Lipinski definition) is 6. The molecule has 28 heavy (non-hydrogen) atoms. The van der Waals surface area contributed by atoms with E-state index in [1.807, 2.05) is 11.9 Å². The third-order valence-corrected chi connectivity index (χ3v) is 5.44. The molecule has 3 heterocycles. The summed E-state index contributed by atoms with van der Waals surface area (Å²) in [6.45, 7) is 3.31. The highest BCUT2D eigenvalue weighted by Crippen LogP contribution is 2.38. The molecule has 0 spiro atoms. The second-order valence-electron chi connectivity index (χ2n) is 7.76. The number of amides is 2. The third-order valence-electron chi connectivity index (χ3n) is 5.44. The molecule has 1 unspecified atom stereocenters. The van der Waals surface area contributed by atoms with Gasteiger partial charge in [0.25, 0.3) is 5.91 Å². The van der Waals surface area contributed by atoms with Crippen molar-refractivity contribution >= 4 is 11.8 Å². The van der Waals surface area contributed by atoms with Crippen LogP contribution in [0.5, 0.6) is 0 Å². The highest BCUT2D eigenvalue weighted by atomic mass is 16.5. The van der Waals surface area contributed by atoms with Crippen molar-refractivity contribution in [1.29, 1.82) is 0 Å². The number of hydrogen-bond donors (Lipinski definition) is 0. The lowest BCUT2D eigenvalue weighted by atomic mass is 10.0. The lowest BCUT2D eigenvalue weighted by molar-refractivity contribution is -0.132. The highest BCUT2D eigenvalue weighted by molar-refractivity contribution is 5.92. The molecule has 0 radical (unpaired) electrons. The summed E-state index contributed by atoms with van der Waals surface area (Å²) in [6.07, 6.45) is 7.87. The Morgan fingerprint density at radius 2 is 2.14 bits per heavy atom. The van der Waals surface area contributed by atoms with Gasteiger partial charge in [-0.15, -0.1) is 0 Å². The molecule has 2 aromatic heterocycles. The van der Waals surface area contributed by atoms with Crippen molar-refractivity contribution in [3.05, 3.63) is 29.9 Å². The van der Waals surface area contributed by atoms with Crippen LogP contribution in [0.3, 0.4) is 0 Å². The molecule has 2 aromatic rings. The summed E-state index contributed by atoms with van der Waals surface area (Å²) in [5, 5.41) is 4.04. The number of aryl methyl sites for hydroxylation is 1. The maximum absolute atomic E-state index is 12.7. The van der Waals surface area contributed by atoms with Crippen LogP contribution in [0.4, 0.5) is 0 Å². The molecular weight excluding hydrogens is 360 g/mol. The van der Waals surface area contributed by atoms with Crippen LogP contribution in [0, 0.1) is 0 Å². The number of imidazole rings is 1. The van der Waals surface area contributed by atoms with Crippen molar-refractivity contribution in [3.63, 3.8) is 0 Å². The summed E-state index contributed by atoms with van der Waals surface area (Å²) >= 11 is 0. The first-order valence-corrected chi connectivity index (χ1v) is 9.88. The van der Waals surface area contributed by atoms with Crippen LogP contribution >= 0.6 is 0 Å². The van der Waals surface area contributed by atoms with E-state index in [9.17, 15) is 9.59 Å². The van der Waals surface area contributed by atoms with E-state index in [2.05, 4.69) is 15.1 Å². The number of aromatic nitrogens is 4. The minimum atomic E-state index is -0.0824. The van der Waals surface area contributed by atoms with Gasteiger partial charge >= 0.3 is 0 Å². The number of rotatable bonds is 6. The fourth-order valence-corrected chi connectivity index (χ4v) is 3.76. The van der Waals surface area contributed by atoms with Crippen LogP contribution in [0.2, 0.25) is 0 Å². The van der Waals surface area contributed by atoms with Crippen molar-refractivity contribution in [2.24, 2.45) is 7.05 Å². The first kappa shape index (κ1) is 18.6. The Hall–Kier alpha value is -2.71. The summed E-state index contributed by atoms with van der Waals surface area (Å²) in [6, 6.07) is -0.00582. The molecule has 1 saturated carbocycles. The second kappa shape index (κ2) is 7.73. The summed E-state index contributed by atoms with van der Waals surface area (Å²) < 4.78 is 7.06. The molecule has 1 saturated heterocycles. The molecule has 0 aromatic carbocycles. The normalized spacial score (nSPS) is 19.6. The summed E-state index contributed by atoms with van der Waals surface area (Å²) in [4.78, 5) is 37.2. The Kier molecular flexibility index (Phi) is 5.15. The maximum Gasteiger partial charge on any atom is 0.274 e. The molecule has 9 nitrogen and oxygen atoms in total. The van der Waals surface area contributed by atoms with Gasteiger partial charge in [-0.25, -0.2) is 4.98 Å². The lowest BCUT2D eigenvalue weighted by Crippen LogP contribution is -2.51. The van der Waals surface area contributed by atoms with Gasteiger partial charge in [-0.2, -0.15) is 4.98 Å². The van der Waals surface area contributed by atoms with Gasteiger partial charge in [0, 0.05) is 58.2 Å². The van der Waals surface area contributed by atoms with Crippen LogP contribution in [-0.2, 0) is 18.3 Å². The topological polar surface area (TPSA) is 97.4 Å². The second-order valence-corrected chi connectivity index (χ2v) is 7.76. The Bertz CT molecular complexity index is 855. The van der Waals surface area contributed by atoms with Crippen molar-refractivity contribution in [3.8, 4) is 0 Å². The highest BCUT2D eigenvalue weighted by Gasteiger charge is 2.32. The molecule has 1 atom stereocenters. The van der Waals surface area contributed by atoms with Gasteiger partial charge < -0.3 is 18.9 Å². The average molecular weight is 386 g/mol. The number of carbonyl (C=O) groups is 2. The molecule has 0 N–H and O–H groups in total. The fraction of sp³-hybridized carbons (Fsp3) is 0.632. The largest absolute Gasteiger partial charge is 0.340 e. The fourth-order valence-electron chi connectivity index (χ4n) is 3.76. The van der Waals surface area contributed by atoms with Gasteiger partial charge in [0.1, 0.15) is 5.69 Å². The molecule has 1 aliphatic heterocycles. The number of likely N-dealkylation sites (tertiary alicyclic amines) is 1. The van der Waals surface area contributed by atoms with Gasteiger partial charge in [0.15, 0.2) is 5.82 Å². The molecule has 2 fully saturated rings. The Morgan fingerprint density at radius 1 is 1.32 bits per heavy atom. The van der Waals surface area contributed by atoms with Crippen LogP contribution in [-0.4, -0.2) is 67.0 Å². The molecular formula is C19H26N6O3. The van der Waals surface area contributed by atoms with Crippen molar-refractivity contribution in [2.75, 3.05) is 19.6 Å². The van der Waals surface area contributed by atoms with Crippen molar-refractivity contribution in [1.82, 2.24) is 29.5 Å². The van der Waals surface area contributed by atoms with E-state index in [0.717, 1.165) is 25.7 Å². The SMILES string of the molecule is CC(=O)N(CCc1noc(C2CC2)n1)C1CCCN(C(=O)c2cn(C)cn2)C1. The van der Waals surface area contributed by atoms with Gasteiger partial charge in [-0.05, 0) is 25.7 Å². The first-order chi connectivity index (χ1) is 13.5. The van der Waals surface area contributed by atoms with E-state index in [1.165, 1.54) is 0 Å². The standard InChI is InChI=1S/C19H26N6O3/c1-13(26)25(9-7-17-21-18(28-22-17)14-5-6-14)15-4-3-8-24(10-15)19(27)16-11-23(2)12-20-16/h11-12,14-15H,3-10H2,1-2H3. The van der Waals surface area contributed by atoms with E-state index in [4.69, 9.17) is 4.52 Å². The predicted octanol–water partition coefficient (Wildman–Crippen LogP) is 1.38. The quantitative estimate of drug-likeness (QED) is 0.744. The van der Waals surface area contributed by atoms with Crippen molar-refractivity contribution in [2.45, 2.75) is 51.0 Å². The van der Waals surface area contributed by atoms with E-state index in [0.29, 0.717) is 49.4 Å². The number of carbonyl (C=O) groups excluding carboxylic acids is 2. The average Bonchev–Trinajstić information content (AvgIpc) is 3.27. The first-order valence-electron chi connectivity index (χ1n) is 9.88. The Balaban J connectivity index is 1.38. The van der Waals surface area contributed by atoms with Crippen molar-refractivity contribution < 1.29 is 14.1 Å². The monoisotopic (exact) mass is 386 g/mol. The Morgan fingerprint density at radius 3 is 2.82 bits per heavy atom. The van der Waals surface area contributed by atoms with E-state index >= 15 is 0 Å². The van der Waals surface area contributed by atoms with E-state index in [1.54, 1.807) is 28.9 Å². The van der Waals surface area contributed by atoms with Gasteiger partial charge in [0.2, 0.25) is 11.8 Å². The molecule has 150 valence electrons. The minimum absolute atomic E-state index is 0.00282. The predicted molar refractivity (Wildman–Crippen MR) is 99.5 cm³/mol. The van der Waals surface area contributed by atoms with Crippen LogP contribution in [0.25, 0.3) is 0 Å². The zero-order chi connectivity index (χ0) is 19.7. The zero-order valence-corrected chi connectivity index (χ0v) is 16.4. The van der Waals surface area contributed by atoms with Gasteiger partial charge in [-0.1, -0.05) is 5.16 Å². The molecule has 9 heteroatoms. The summed E-state index contributed by atoms with van der Waals surface area (Å²) in [5.41, 5.74) is 0.442. The third kappa shape index (κ3) is 4.07. The number of piperidine rings is 1. The molecule has 0 bridgehead atoms. The molecule has 4 rings (SSSR count). The maximum atomic E-state index is 12.7. The molecule has 2 aliphatic rings. The smallest absolute Gasteiger partial charge is 0.274 e. The van der Waals surface area contributed by atoms with E-state index in [-0.39, 0.29) is 17.9 Å². The van der Waals surface area contributed by atoms with Crippen LogP contribution in [0.15, 0.2) is 17.0 Å². The molecule has 1 aliphatic carbocycles. The summed E-state index contributed by atoms with van der Waals surface area (Å²) in [7, 11) is 1.84. The summed E-state index contributed by atoms with van der Waals surface area (Å²) in [5.74, 6) is 1.71. The number of nitrogens with zero attached hydrogens (tertiary/aromatic N) is 6.